The molecule has 0 aromatic heterocycles. The highest BCUT2D eigenvalue weighted by Crippen LogP contribution is 1.96. The lowest BCUT2D eigenvalue weighted by Crippen LogP contribution is -2.49. The van der Waals surface area contributed by atoms with Crippen LogP contribution in [0.5, 0.6) is 0 Å². The first kappa shape index (κ1) is 7.98. The SMILES string of the molecule is COCN1CCNC(C)C1. The smallest absolute Gasteiger partial charge is 0.0987 e. The van der Waals surface area contributed by atoms with Crippen LogP contribution in [0.25, 0.3) is 0 Å². The molecule has 1 saturated heterocycles. The quantitative estimate of drug-likeness (QED) is 0.585. The van der Waals surface area contributed by atoms with Crippen molar-refractivity contribution in [1.29, 1.82) is 0 Å². The summed E-state index contributed by atoms with van der Waals surface area (Å²) in [7, 11) is 1.74. The third-order valence-electron chi connectivity index (χ3n) is 1.76. The summed E-state index contributed by atoms with van der Waals surface area (Å²) in [6, 6.07) is 0.615. The highest BCUT2D eigenvalue weighted by Gasteiger charge is 2.13. The van der Waals surface area contributed by atoms with Gasteiger partial charge in [0, 0.05) is 32.8 Å². The molecule has 1 aliphatic rings. The van der Waals surface area contributed by atoms with Gasteiger partial charge in [0.25, 0.3) is 0 Å². The van der Waals surface area contributed by atoms with Crippen LogP contribution in [0.1, 0.15) is 6.92 Å². The van der Waals surface area contributed by atoms with Crippen molar-refractivity contribution >= 4 is 0 Å². The number of rotatable bonds is 2. The molecule has 1 N–H and O–H groups in total. The van der Waals surface area contributed by atoms with Crippen molar-refractivity contribution in [1.82, 2.24) is 10.2 Å². The van der Waals surface area contributed by atoms with Crippen LogP contribution in [0.4, 0.5) is 0 Å². The Labute approximate surface area is 62.3 Å². The minimum absolute atomic E-state index is 0.615. The Balaban J connectivity index is 2.18. The van der Waals surface area contributed by atoms with Crippen LogP contribution in [0.15, 0.2) is 0 Å². The number of methoxy groups -OCH3 is 1. The van der Waals surface area contributed by atoms with Crippen molar-refractivity contribution < 1.29 is 4.74 Å². The molecule has 60 valence electrons. The second kappa shape index (κ2) is 3.91. The molecule has 0 bridgehead atoms. The molecule has 0 spiro atoms. The van der Waals surface area contributed by atoms with Gasteiger partial charge in [0.05, 0.1) is 6.73 Å². The first-order valence-corrected chi connectivity index (χ1v) is 3.77. The molecular weight excluding hydrogens is 128 g/mol. The highest BCUT2D eigenvalue weighted by molar-refractivity contribution is 4.72. The van der Waals surface area contributed by atoms with E-state index in [1.54, 1.807) is 7.11 Å². The third-order valence-corrected chi connectivity index (χ3v) is 1.76. The van der Waals surface area contributed by atoms with Crippen molar-refractivity contribution in [2.24, 2.45) is 0 Å². The maximum atomic E-state index is 5.03. The van der Waals surface area contributed by atoms with E-state index in [-0.39, 0.29) is 0 Å². The summed E-state index contributed by atoms with van der Waals surface area (Å²) in [6.45, 7) is 6.27. The Hall–Kier alpha value is -0.120. The molecule has 1 unspecified atom stereocenters. The molecule has 0 aliphatic carbocycles. The Morgan fingerprint density at radius 1 is 1.70 bits per heavy atom. The summed E-state index contributed by atoms with van der Waals surface area (Å²) in [5.41, 5.74) is 0. The zero-order valence-corrected chi connectivity index (χ0v) is 6.76. The van der Waals surface area contributed by atoms with Crippen molar-refractivity contribution in [2.75, 3.05) is 33.5 Å². The normalized spacial score (nSPS) is 28.8. The van der Waals surface area contributed by atoms with Gasteiger partial charge in [0.15, 0.2) is 0 Å². The number of hydrogen-bond acceptors (Lipinski definition) is 3. The summed E-state index contributed by atoms with van der Waals surface area (Å²) in [5, 5.41) is 3.37. The summed E-state index contributed by atoms with van der Waals surface area (Å²) in [6.07, 6.45) is 0. The predicted octanol–water partition coefficient (Wildman–Crippen LogP) is -0.116. The molecule has 10 heavy (non-hydrogen) atoms. The van der Waals surface area contributed by atoms with Crippen LogP contribution >= 0.6 is 0 Å². The van der Waals surface area contributed by atoms with Gasteiger partial charge >= 0.3 is 0 Å². The van der Waals surface area contributed by atoms with E-state index in [2.05, 4.69) is 17.1 Å². The molecule has 1 aliphatic heterocycles. The fourth-order valence-electron chi connectivity index (χ4n) is 1.31. The fourth-order valence-corrected chi connectivity index (χ4v) is 1.31. The van der Waals surface area contributed by atoms with Gasteiger partial charge in [0.2, 0.25) is 0 Å². The standard InChI is InChI=1S/C7H16N2O/c1-7-5-9(6-10-2)4-3-8-7/h7-8H,3-6H2,1-2H3. The van der Waals surface area contributed by atoms with Crippen molar-refractivity contribution in [3.8, 4) is 0 Å². The number of nitrogens with zero attached hydrogens (tertiary/aromatic N) is 1. The third kappa shape index (κ3) is 2.25. The van der Waals surface area contributed by atoms with Crippen molar-refractivity contribution in [3.05, 3.63) is 0 Å². The van der Waals surface area contributed by atoms with Gasteiger partial charge in [-0.2, -0.15) is 0 Å². The van der Waals surface area contributed by atoms with E-state index in [1.807, 2.05) is 0 Å². The van der Waals surface area contributed by atoms with E-state index in [9.17, 15) is 0 Å². The van der Waals surface area contributed by atoms with Crippen LogP contribution in [-0.4, -0.2) is 44.4 Å². The molecule has 1 heterocycles. The van der Waals surface area contributed by atoms with Crippen LogP contribution in [-0.2, 0) is 4.74 Å². The zero-order chi connectivity index (χ0) is 7.40. The average molecular weight is 144 g/mol. The van der Waals surface area contributed by atoms with Crippen molar-refractivity contribution in [2.45, 2.75) is 13.0 Å². The largest absolute Gasteiger partial charge is 0.369 e. The summed E-state index contributed by atoms with van der Waals surface area (Å²) in [4.78, 5) is 2.31. The van der Waals surface area contributed by atoms with Crippen LogP contribution in [0.3, 0.4) is 0 Å². The monoisotopic (exact) mass is 144 g/mol. The molecular formula is C7H16N2O. The van der Waals surface area contributed by atoms with Crippen LogP contribution in [0.2, 0.25) is 0 Å². The Morgan fingerprint density at radius 2 is 2.50 bits per heavy atom. The lowest BCUT2D eigenvalue weighted by Gasteiger charge is -2.30. The maximum Gasteiger partial charge on any atom is 0.0987 e. The van der Waals surface area contributed by atoms with Gasteiger partial charge in [-0.1, -0.05) is 0 Å². The second-order valence-electron chi connectivity index (χ2n) is 2.85. The maximum absolute atomic E-state index is 5.03. The molecule has 1 atom stereocenters. The van der Waals surface area contributed by atoms with E-state index in [0.29, 0.717) is 6.04 Å². The van der Waals surface area contributed by atoms with E-state index >= 15 is 0 Å². The summed E-state index contributed by atoms with van der Waals surface area (Å²) >= 11 is 0. The number of ether oxygens (including phenoxy) is 1. The van der Waals surface area contributed by atoms with Gasteiger partial charge in [0.1, 0.15) is 0 Å². The molecule has 0 radical (unpaired) electrons. The second-order valence-corrected chi connectivity index (χ2v) is 2.85. The minimum atomic E-state index is 0.615. The molecule has 3 nitrogen and oxygen atoms in total. The van der Waals surface area contributed by atoms with Gasteiger partial charge in [-0.15, -0.1) is 0 Å². The zero-order valence-electron chi connectivity index (χ0n) is 6.76. The summed E-state index contributed by atoms with van der Waals surface area (Å²) in [5.74, 6) is 0. The molecule has 1 fully saturated rings. The summed E-state index contributed by atoms with van der Waals surface area (Å²) < 4.78 is 5.03. The minimum Gasteiger partial charge on any atom is -0.369 e. The lowest BCUT2D eigenvalue weighted by atomic mass is 10.2. The van der Waals surface area contributed by atoms with E-state index in [4.69, 9.17) is 4.74 Å². The average Bonchev–Trinajstić information content (AvgIpc) is 1.88. The van der Waals surface area contributed by atoms with Gasteiger partial charge < -0.3 is 10.1 Å². The molecule has 0 saturated carbocycles. The van der Waals surface area contributed by atoms with Crippen molar-refractivity contribution in [3.63, 3.8) is 0 Å². The van der Waals surface area contributed by atoms with Crippen LogP contribution < -0.4 is 5.32 Å². The number of nitrogens with one attached hydrogen (secondary N) is 1. The molecule has 0 aromatic carbocycles. The molecule has 0 amide bonds. The number of piperazine rings is 1. The first-order valence-electron chi connectivity index (χ1n) is 3.77. The van der Waals surface area contributed by atoms with Gasteiger partial charge in [-0.05, 0) is 6.92 Å². The van der Waals surface area contributed by atoms with Gasteiger partial charge in [-0.25, -0.2) is 0 Å². The Kier molecular flexibility index (Phi) is 3.12. The molecule has 1 rings (SSSR count). The number of hydrogen-bond donors (Lipinski definition) is 1. The highest BCUT2D eigenvalue weighted by atomic mass is 16.5. The molecule has 0 aromatic rings. The topological polar surface area (TPSA) is 24.5 Å². The van der Waals surface area contributed by atoms with E-state index in [1.165, 1.54) is 0 Å². The van der Waals surface area contributed by atoms with E-state index in [0.717, 1.165) is 26.4 Å². The molecule has 3 heteroatoms. The first-order chi connectivity index (χ1) is 4.83. The fraction of sp³-hybridized carbons (Fsp3) is 1.00. The predicted molar refractivity (Wildman–Crippen MR) is 40.9 cm³/mol. The lowest BCUT2D eigenvalue weighted by molar-refractivity contribution is 0.0457. The Morgan fingerprint density at radius 3 is 3.10 bits per heavy atom. The Bertz CT molecular complexity index is 95.6. The van der Waals surface area contributed by atoms with Crippen LogP contribution in [0, 0.1) is 0 Å². The van der Waals surface area contributed by atoms with E-state index < -0.39 is 0 Å². The van der Waals surface area contributed by atoms with Gasteiger partial charge in [-0.3, -0.25) is 4.90 Å².